The number of benzene rings is 2. The second kappa shape index (κ2) is 5.91. The van der Waals surface area contributed by atoms with Crippen LogP contribution in [0, 0.1) is 5.82 Å². The Balaban J connectivity index is 1.96. The molecule has 96 valence electrons. The van der Waals surface area contributed by atoms with E-state index in [9.17, 15) is 14.0 Å². The molecule has 0 amide bonds. The third-order valence-corrected chi connectivity index (χ3v) is 2.50. The Morgan fingerprint density at radius 2 is 1.58 bits per heavy atom. The maximum absolute atomic E-state index is 12.7. The van der Waals surface area contributed by atoms with Crippen LogP contribution in [0.4, 0.5) is 4.39 Å². The summed E-state index contributed by atoms with van der Waals surface area (Å²) in [4.78, 5) is 23.2. The van der Waals surface area contributed by atoms with Crippen LogP contribution in [-0.2, 0) is 16.1 Å². The second-order valence-corrected chi connectivity index (χ2v) is 3.90. The van der Waals surface area contributed by atoms with E-state index < -0.39 is 17.6 Å². The van der Waals surface area contributed by atoms with E-state index in [0.717, 1.165) is 17.7 Å². The van der Waals surface area contributed by atoms with E-state index in [-0.39, 0.29) is 12.2 Å². The fraction of sp³-hybridized carbons (Fsp3) is 0.0667. The van der Waals surface area contributed by atoms with E-state index >= 15 is 0 Å². The maximum Gasteiger partial charge on any atom is 0.380 e. The Bertz CT molecular complexity index is 576. The molecule has 0 spiro atoms. The minimum absolute atomic E-state index is 0.0343. The van der Waals surface area contributed by atoms with Crippen molar-refractivity contribution in [2.24, 2.45) is 0 Å². The third kappa shape index (κ3) is 3.48. The number of hydrogen-bond donors (Lipinski definition) is 0. The van der Waals surface area contributed by atoms with Crippen molar-refractivity contribution in [1.82, 2.24) is 0 Å². The Hall–Kier alpha value is -2.49. The molecular weight excluding hydrogens is 247 g/mol. The Labute approximate surface area is 109 Å². The first kappa shape index (κ1) is 13.0. The van der Waals surface area contributed by atoms with Crippen molar-refractivity contribution in [2.75, 3.05) is 0 Å². The Morgan fingerprint density at radius 3 is 2.21 bits per heavy atom. The summed E-state index contributed by atoms with van der Waals surface area (Å²) in [7, 11) is 0. The summed E-state index contributed by atoms with van der Waals surface area (Å²) in [5.74, 6) is -2.19. The summed E-state index contributed by atoms with van der Waals surface area (Å²) >= 11 is 0. The summed E-state index contributed by atoms with van der Waals surface area (Å²) in [6.45, 7) is 0.0343. The average Bonchev–Trinajstić information content (AvgIpc) is 2.46. The molecule has 2 aromatic carbocycles. The molecule has 0 fully saturated rings. The highest BCUT2D eigenvalue weighted by molar-refractivity contribution is 6.40. The van der Waals surface area contributed by atoms with Crippen molar-refractivity contribution in [3.05, 3.63) is 71.5 Å². The van der Waals surface area contributed by atoms with Crippen LogP contribution in [0.3, 0.4) is 0 Å². The molecule has 0 aliphatic carbocycles. The van der Waals surface area contributed by atoms with Gasteiger partial charge in [-0.3, -0.25) is 4.79 Å². The number of ketones is 1. The van der Waals surface area contributed by atoms with E-state index in [2.05, 4.69) is 0 Å². The SMILES string of the molecule is O=C(OCc1ccccc1)C(=O)c1ccc(F)cc1. The molecule has 4 heteroatoms. The number of carbonyl (C=O) groups is 2. The van der Waals surface area contributed by atoms with Crippen molar-refractivity contribution >= 4 is 11.8 Å². The van der Waals surface area contributed by atoms with Crippen molar-refractivity contribution in [2.45, 2.75) is 6.61 Å². The molecule has 19 heavy (non-hydrogen) atoms. The number of rotatable bonds is 4. The largest absolute Gasteiger partial charge is 0.455 e. The van der Waals surface area contributed by atoms with Gasteiger partial charge in [-0.1, -0.05) is 30.3 Å². The molecule has 2 aromatic rings. The molecule has 0 N–H and O–H groups in total. The van der Waals surface area contributed by atoms with Gasteiger partial charge in [-0.2, -0.15) is 0 Å². The smallest absolute Gasteiger partial charge is 0.380 e. The minimum Gasteiger partial charge on any atom is -0.455 e. The van der Waals surface area contributed by atoms with Gasteiger partial charge in [0.1, 0.15) is 12.4 Å². The molecule has 0 heterocycles. The van der Waals surface area contributed by atoms with Gasteiger partial charge in [-0.15, -0.1) is 0 Å². The van der Waals surface area contributed by atoms with Gasteiger partial charge in [0.25, 0.3) is 5.78 Å². The van der Waals surface area contributed by atoms with Crippen LogP contribution >= 0.6 is 0 Å². The first-order chi connectivity index (χ1) is 9.16. The summed E-state index contributed by atoms with van der Waals surface area (Å²) in [5.41, 5.74) is 0.905. The van der Waals surface area contributed by atoms with Crippen LogP contribution in [-0.4, -0.2) is 11.8 Å². The molecule has 3 nitrogen and oxygen atoms in total. The first-order valence-corrected chi connectivity index (χ1v) is 5.68. The zero-order valence-electron chi connectivity index (χ0n) is 10.0. The van der Waals surface area contributed by atoms with E-state index in [4.69, 9.17) is 4.74 Å². The summed E-state index contributed by atoms with van der Waals surface area (Å²) in [5, 5.41) is 0. The van der Waals surface area contributed by atoms with E-state index in [1.165, 1.54) is 12.1 Å². The molecule has 2 rings (SSSR count). The highest BCUT2D eigenvalue weighted by atomic mass is 19.1. The summed E-state index contributed by atoms with van der Waals surface area (Å²) in [6.07, 6.45) is 0. The zero-order valence-corrected chi connectivity index (χ0v) is 10.0. The molecule has 0 unspecified atom stereocenters. The Morgan fingerprint density at radius 1 is 0.947 bits per heavy atom. The molecule has 0 aliphatic heterocycles. The van der Waals surface area contributed by atoms with Crippen LogP contribution in [0.15, 0.2) is 54.6 Å². The van der Waals surface area contributed by atoms with Gasteiger partial charge in [-0.25, -0.2) is 9.18 Å². The summed E-state index contributed by atoms with van der Waals surface area (Å²) < 4.78 is 17.6. The van der Waals surface area contributed by atoms with Gasteiger partial charge < -0.3 is 4.74 Å². The number of esters is 1. The number of halogens is 1. The van der Waals surface area contributed by atoms with Crippen molar-refractivity contribution in [1.29, 1.82) is 0 Å². The molecule has 0 saturated heterocycles. The second-order valence-electron chi connectivity index (χ2n) is 3.90. The van der Waals surface area contributed by atoms with Gasteiger partial charge in [-0.05, 0) is 29.8 Å². The molecule has 0 bridgehead atoms. The van der Waals surface area contributed by atoms with Crippen LogP contribution in [0.5, 0.6) is 0 Å². The van der Waals surface area contributed by atoms with Crippen LogP contribution in [0.1, 0.15) is 15.9 Å². The molecule has 0 saturated carbocycles. The number of Topliss-reactive ketones (excluding diaryl/α,β-unsaturated/α-hetero) is 1. The third-order valence-electron chi connectivity index (χ3n) is 2.50. The molecule has 0 aliphatic rings. The zero-order chi connectivity index (χ0) is 13.7. The lowest BCUT2D eigenvalue weighted by Crippen LogP contribution is -2.17. The average molecular weight is 258 g/mol. The predicted octanol–water partition coefficient (Wildman–Crippen LogP) is 2.75. The van der Waals surface area contributed by atoms with Crippen molar-refractivity contribution in [3.63, 3.8) is 0 Å². The number of carbonyl (C=O) groups excluding carboxylic acids is 2. The molecule has 0 aromatic heterocycles. The minimum atomic E-state index is -0.949. The number of ether oxygens (including phenoxy) is 1. The Kier molecular flexibility index (Phi) is 4.03. The topological polar surface area (TPSA) is 43.4 Å². The fourth-order valence-electron chi connectivity index (χ4n) is 1.51. The van der Waals surface area contributed by atoms with Crippen LogP contribution in [0.2, 0.25) is 0 Å². The molecular formula is C15H11FO3. The van der Waals surface area contributed by atoms with Gasteiger partial charge in [0.05, 0.1) is 0 Å². The standard InChI is InChI=1S/C15H11FO3/c16-13-8-6-12(7-9-13)14(17)15(18)19-10-11-4-2-1-3-5-11/h1-9H,10H2. The monoisotopic (exact) mass is 258 g/mol. The highest BCUT2D eigenvalue weighted by Crippen LogP contribution is 2.06. The van der Waals surface area contributed by atoms with E-state index in [1.54, 1.807) is 12.1 Å². The lowest BCUT2D eigenvalue weighted by molar-refractivity contribution is -0.139. The van der Waals surface area contributed by atoms with Gasteiger partial charge in [0.15, 0.2) is 0 Å². The van der Waals surface area contributed by atoms with Crippen LogP contribution < -0.4 is 0 Å². The van der Waals surface area contributed by atoms with Crippen molar-refractivity contribution in [3.8, 4) is 0 Å². The van der Waals surface area contributed by atoms with E-state index in [1.807, 2.05) is 18.2 Å². The quantitative estimate of drug-likeness (QED) is 0.481. The van der Waals surface area contributed by atoms with Crippen molar-refractivity contribution < 1.29 is 18.7 Å². The predicted molar refractivity (Wildman–Crippen MR) is 67.0 cm³/mol. The lowest BCUT2D eigenvalue weighted by atomic mass is 10.1. The fourth-order valence-corrected chi connectivity index (χ4v) is 1.51. The van der Waals surface area contributed by atoms with E-state index in [0.29, 0.717) is 0 Å². The highest BCUT2D eigenvalue weighted by Gasteiger charge is 2.17. The maximum atomic E-state index is 12.7. The van der Waals surface area contributed by atoms with Crippen LogP contribution in [0.25, 0.3) is 0 Å². The number of hydrogen-bond acceptors (Lipinski definition) is 3. The normalized spacial score (nSPS) is 9.95. The lowest BCUT2D eigenvalue weighted by Gasteiger charge is -2.04. The van der Waals surface area contributed by atoms with Gasteiger partial charge >= 0.3 is 5.97 Å². The molecule has 0 radical (unpaired) electrons. The molecule has 0 atom stereocenters. The van der Waals surface area contributed by atoms with Gasteiger partial charge in [0.2, 0.25) is 0 Å². The first-order valence-electron chi connectivity index (χ1n) is 5.68. The summed E-state index contributed by atoms with van der Waals surface area (Å²) in [6, 6.07) is 13.8. The van der Waals surface area contributed by atoms with Gasteiger partial charge in [0, 0.05) is 5.56 Å².